The fourth-order valence-electron chi connectivity index (χ4n) is 4.54. The van der Waals surface area contributed by atoms with Gasteiger partial charge in [-0.3, -0.25) is 9.69 Å². The number of ether oxygens (including phenoxy) is 2. The van der Waals surface area contributed by atoms with Gasteiger partial charge in [0.25, 0.3) is 6.47 Å². The highest BCUT2D eigenvalue weighted by molar-refractivity contribution is 5.43. The molecule has 1 atom stereocenters. The van der Waals surface area contributed by atoms with Gasteiger partial charge < -0.3 is 19.7 Å². The molecule has 172 valence electrons. The van der Waals surface area contributed by atoms with Crippen LogP contribution < -0.4 is 15.0 Å². The third kappa shape index (κ3) is 6.32. The molecule has 0 saturated carbocycles. The highest BCUT2D eigenvalue weighted by Gasteiger charge is 2.22. The highest BCUT2D eigenvalue weighted by Crippen LogP contribution is 2.23. The predicted octanol–water partition coefficient (Wildman–Crippen LogP) is 3.44. The number of piperidine rings is 1. The zero-order valence-electron chi connectivity index (χ0n) is 18.6. The molecule has 2 aliphatic rings. The number of hydrogen-bond acceptors (Lipinski definition) is 8. The summed E-state index contributed by atoms with van der Waals surface area (Å²) in [6, 6.07) is 10.2. The van der Waals surface area contributed by atoms with Crippen molar-refractivity contribution in [2.75, 3.05) is 43.2 Å². The van der Waals surface area contributed by atoms with Gasteiger partial charge in [-0.25, -0.2) is 4.98 Å². The fraction of sp³-hybridized carbons (Fsp3) is 0.542. The van der Waals surface area contributed by atoms with Crippen LogP contribution in [-0.4, -0.2) is 60.4 Å². The van der Waals surface area contributed by atoms with Crippen LogP contribution in [0.2, 0.25) is 0 Å². The molecule has 0 radical (unpaired) electrons. The first-order valence-corrected chi connectivity index (χ1v) is 11.6. The first-order valence-electron chi connectivity index (χ1n) is 11.6. The summed E-state index contributed by atoms with van der Waals surface area (Å²) in [4.78, 5) is 24.5. The predicted molar refractivity (Wildman–Crippen MR) is 124 cm³/mol. The quantitative estimate of drug-likeness (QED) is 0.362. The number of hydrogen-bond donors (Lipinski definition) is 1. The van der Waals surface area contributed by atoms with E-state index in [9.17, 15) is 4.79 Å². The second kappa shape index (κ2) is 11.7. The van der Waals surface area contributed by atoms with Gasteiger partial charge in [0.1, 0.15) is 11.6 Å². The summed E-state index contributed by atoms with van der Waals surface area (Å²) in [5.74, 6) is 2.49. The van der Waals surface area contributed by atoms with Gasteiger partial charge in [0.15, 0.2) is 0 Å². The summed E-state index contributed by atoms with van der Waals surface area (Å²) in [6.07, 6.45) is 9.16. The minimum absolute atomic E-state index is 0.0740. The lowest BCUT2D eigenvalue weighted by molar-refractivity contribution is -0.134. The van der Waals surface area contributed by atoms with E-state index in [1.807, 2.05) is 30.5 Å². The maximum absolute atomic E-state index is 10.4. The van der Waals surface area contributed by atoms with E-state index in [4.69, 9.17) is 9.72 Å². The Hall–Kier alpha value is -2.87. The van der Waals surface area contributed by atoms with E-state index >= 15 is 0 Å². The summed E-state index contributed by atoms with van der Waals surface area (Å²) in [6.45, 7) is 5.20. The maximum atomic E-state index is 10.4. The van der Waals surface area contributed by atoms with Crippen LogP contribution in [0.1, 0.15) is 44.1 Å². The molecule has 1 aromatic carbocycles. The second-order valence-electron chi connectivity index (χ2n) is 8.49. The van der Waals surface area contributed by atoms with Crippen molar-refractivity contribution < 1.29 is 14.3 Å². The van der Waals surface area contributed by atoms with E-state index in [-0.39, 0.29) is 6.79 Å². The molecule has 2 aromatic rings. The number of likely N-dealkylation sites (tertiary alicyclic amines) is 1. The van der Waals surface area contributed by atoms with E-state index in [1.54, 1.807) is 0 Å². The number of carbonyl (C=O) groups is 1. The van der Waals surface area contributed by atoms with E-state index in [0.29, 0.717) is 18.5 Å². The van der Waals surface area contributed by atoms with Crippen LogP contribution in [0, 0.1) is 0 Å². The van der Waals surface area contributed by atoms with Crippen LogP contribution in [0.25, 0.3) is 0 Å². The number of carbonyl (C=O) groups excluding carboxylic acids is 1. The third-order valence-electron chi connectivity index (χ3n) is 6.13. The Labute approximate surface area is 189 Å². The molecular weight excluding hydrogens is 406 g/mol. The number of benzene rings is 1. The molecule has 0 spiro atoms. The van der Waals surface area contributed by atoms with E-state index < -0.39 is 0 Å². The van der Waals surface area contributed by atoms with Gasteiger partial charge in [-0.1, -0.05) is 31.0 Å². The highest BCUT2D eigenvalue weighted by atomic mass is 16.7. The molecule has 1 N–H and O–H groups in total. The molecule has 4 rings (SSSR count). The van der Waals surface area contributed by atoms with Gasteiger partial charge in [0.2, 0.25) is 12.7 Å². The molecule has 1 aromatic heterocycles. The molecule has 8 heteroatoms. The topological polar surface area (TPSA) is 79.8 Å². The van der Waals surface area contributed by atoms with Gasteiger partial charge in [0, 0.05) is 44.0 Å². The van der Waals surface area contributed by atoms with Crippen molar-refractivity contribution in [2.45, 2.75) is 51.1 Å². The van der Waals surface area contributed by atoms with E-state index in [1.165, 1.54) is 25.7 Å². The number of nitrogens with one attached hydrogen (secondary N) is 1. The molecule has 32 heavy (non-hydrogen) atoms. The summed E-state index contributed by atoms with van der Waals surface area (Å²) in [5, 5.41) is 3.57. The summed E-state index contributed by atoms with van der Waals surface area (Å²) in [7, 11) is 0. The standard InChI is InChI=1S/C24H33N5O3/c30-18-31-19-32-22-10-4-3-8-20(22)16-28-13-7-9-21(17-28)26-24-25-12-11-23(27-24)29-14-5-1-2-6-15-29/h3-4,8,10-12,18,21H,1-2,5-7,9,13-17,19H2,(H,25,26,27). The number of para-hydroxylation sites is 1. The van der Waals surface area contributed by atoms with Crippen molar-refractivity contribution in [3.05, 3.63) is 42.1 Å². The van der Waals surface area contributed by atoms with Crippen molar-refractivity contribution in [1.82, 2.24) is 14.9 Å². The first kappa shape index (κ1) is 22.3. The van der Waals surface area contributed by atoms with E-state index in [0.717, 1.165) is 62.7 Å². The van der Waals surface area contributed by atoms with Crippen molar-refractivity contribution in [2.24, 2.45) is 0 Å². The Morgan fingerprint density at radius 2 is 1.91 bits per heavy atom. The van der Waals surface area contributed by atoms with E-state index in [2.05, 4.69) is 30.9 Å². The Bertz CT molecular complexity index is 857. The molecule has 1 unspecified atom stereocenters. The number of aromatic nitrogens is 2. The van der Waals surface area contributed by atoms with Gasteiger partial charge in [-0.15, -0.1) is 0 Å². The third-order valence-corrected chi connectivity index (χ3v) is 6.13. The Balaban J connectivity index is 1.35. The molecule has 8 nitrogen and oxygen atoms in total. The average Bonchev–Trinajstić information content (AvgIpc) is 3.11. The summed E-state index contributed by atoms with van der Waals surface area (Å²) >= 11 is 0. The van der Waals surface area contributed by atoms with Crippen LogP contribution in [0.15, 0.2) is 36.5 Å². The molecule has 0 bridgehead atoms. The second-order valence-corrected chi connectivity index (χ2v) is 8.49. The molecular formula is C24H33N5O3. The molecule has 0 aliphatic carbocycles. The van der Waals surface area contributed by atoms with Crippen LogP contribution in [0.3, 0.4) is 0 Å². The van der Waals surface area contributed by atoms with Crippen molar-refractivity contribution in [3.63, 3.8) is 0 Å². The zero-order valence-corrected chi connectivity index (χ0v) is 18.6. The van der Waals surface area contributed by atoms with Gasteiger partial charge in [0.05, 0.1) is 0 Å². The smallest absolute Gasteiger partial charge is 0.295 e. The van der Waals surface area contributed by atoms with Gasteiger partial charge in [-0.05, 0) is 44.4 Å². The van der Waals surface area contributed by atoms with Crippen molar-refractivity contribution >= 4 is 18.2 Å². The Morgan fingerprint density at radius 1 is 1.06 bits per heavy atom. The molecule has 2 fully saturated rings. The SMILES string of the molecule is O=COCOc1ccccc1CN1CCCC(Nc2nccc(N3CCCCCC3)n2)C1. The van der Waals surface area contributed by atoms with Crippen molar-refractivity contribution in [3.8, 4) is 5.75 Å². The lowest BCUT2D eigenvalue weighted by Crippen LogP contribution is -2.42. The lowest BCUT2D eigenvalue weighted by Gasteiger charge is -2.33. The Kier molecular flexibility index (Phi) is 8.14. The van der Waals surface area contributed by atoms with Gasteiger partial charge >= 0.3 is 0 Å². The summed E-state index contributed by atoms with van der Waals surface area (Å²) in [5.41, 5.74) is 1.09. The number of nitrogens with zero attached hydrogens (tertiary/aromatic N) is 4. The fourth-order valence-corrected chi connectivity index (χ4v) is 4.54. The van der Waals surface area contributed by atoms with Gasteiger partial charge in [-0.2, -0.15) is 4.98 Å². The number of rotatable bonds is 9. The minimum Gasteiger partial charge on any atom is -0.457 e. The number of anilines is 2. The largest absolute Gasteiger partial charge is 0.457 e. The van der Waals surface area contributed by atoms with Crippen molar-refractivity contribution in [1.29, 1.82) is 0 Å². The minimum atomic E-state index is -0.0740. The van der Waals surface area contributed by atoms with Crippen LogP contribution in [-0.2, 0) is 16.1 Å². The lowest BCUT2D eigenvalue weighted by atomic mass is 10.0. The normalized spacial score (nSPS) is 19.8. The molecule has 2 saturated heterocycles. The monoisotopic (exact) mass is 439 g/mol. The van der Waals surface area contributed by atoms with Crippen LogP contribution in [0.4, 0.5) is 11.8 Å². The zero-order chi connectivity index (χ0) is 22.0. The van der Waals surface area contributed by atoms with Crippen LogP contribution in [0.5, 0.6) is 5.75 Å². The first-order chi connectivity index (χ1) is 15.8. The molecule has 2 aliphatic heterocycles. The molecule has 0 amide bonds. The average molecular weight is 440 g/mol. The summed E-state index contributed by atoms with van der Waals surface area (Å²) < 4.78 is 10.3. The Morgan fingerprint density at radius 3 is 2.75 bits per heavy atom. The maximum Gasteiger partial charge on any atom is 0.295 e. The molecule has 3 heterocycles. The van der Waals surface area contributed by atoms with Crippen LogP contribution >= 0.6 is 0 Å².